The van der Waals surface area contributed by atoms with Crippen LogP contribution < -0.4 is 0 Å². The SMILES string of the molecule is O=[N+]([O-])C=C1SCCCN1S(=O)(=O)CCCI. The summed E-state index contributed by atoms with van der Waals surface area (Å²) in [6, 6.07) is 0. The number of halogens is 1. The number of hydrogen-bond donors (Lipinski definition) is 0. The first-order chi connectivity index (χ1) is 7.97. The molecule has 98 valence electrons. The Kier molecular flexibility index (Phi) is 6.00. The highest BCUT2D eigenvalue weighted by Gasteiger charge is 2.28. The number of nitrogens with zero attached hydrogens (tertiary/aromatic N) is 2. The van der Waals surface area contributed by atoms with Crippen LogP contribution in [-0.2, 0) is 10.0 Å². The number of hydrogen-bond acceptors (Lipinski definition) is 5. The highest BCUT2D eigenvalue weighted by Crippen LogP contribution is 2.29. The third kappa shape index (κ3) is 4.62. The van der Waals surface area contributed by atoms with E-state index in [1.165, 1.54) is 16.1 Å². The van der Waals surface area contributed by atoms with Crippen LogP contribution in [0, 0.1) is 10.1 Å². The minimum absolute atomic E-state index is 0.0472. The topological polar surface area (TPSA) is 80.5 Å². The lowest BCUT2D eigenvalue weighted by Gasteiger charge is -2.28. The third-order valence-corrected chi connectivity index (χ3v) is 5.94. The Hall–Kier alpha value is -0.0300. The first kappa shape index (κ1) is 15.0. The fourth-order valence-electron chi connectivity index (χ4n) is 1.38. The van der Waals surface area contributed by atoms with E-state index in [0.717, 1.165) is 22.8 Å². The minimum Gasteiger partial charge on any atom is -0.259 e. The standard InChI is InChI=1S/C8H13IN2O4S2/c9-3-1-6-17(14,15)10-4-2-5-16-8(10)7-11(12)13/h7H,1-6H2. The van der Waals surface area contributed by atoms with Gasteiger partial charge in [0.15, 0.2) is 5.03 Å². The van der Waals surface area contributed by atoms with Gasteiger partial charge in [-0.25, -0.2) is 8.42 Å². The van der Waals surface area contributed by atoms with Gasteiger partial charge < -0.3 is 0 Å². The fourth-order valence-corrected chi connectivity index (χ4v) is 5.12. The summed E-state index contributed by atoms with van der Waals surface area (Å²) in [6.45, 7) is 0.344. The molecule has 1 rings (SSSR count). The van der Waals surface area contributed by atoms with Crippen molar-refractivity contribution in [2.45, 2.75) is 12.8 Å². The molecule has 1 aliphatic heterocycles. The molecular formula is C8H13IN2O4S2. The summed E-state index contributed by atoms with van der Waals surface area (Å²) in [7, 11) is -3.41. The van der Waals surface area contributed by atoms with Gasteiger partial charge in [-0.1, -0.05) is 22.6 Å². The first-order valence-corrected chi connectivity index (χ1v) is 9.14. The maximum Gasteiger partial charge on any atom is 0.265 e. The van der Waals surface area contributed by atoms with E-state index in [-0.39, 0.29) is 10.8 Å². The minimum atomic E-state index is -3.41. The summed E-state index contributed by atoms with van der Waals surface area (Å²) in [5.41, 5.74) is 0. The van der Waals surface area contributed by atoms with Crippen LogP contribution in [0.1, 0.15) is 12.8 Å². The highest BCUT2D eigenvalue weighted by molar-refractivity contribution is 14.1. The summed E-state index contributed by atoms with van der Waals surface area (Å²) in [6.07, 6.45) is 2.07. The fraction of sp³-hybridized carbons (Fsp3) is 0.750. The zero-order chi connectivity index (χ0) is 12.9. The van der Waals surface area contributed by atoms with E-state index in [1.807, 2.05) is 0 Å². The Bertz CT molecular complexity index is 410. The van der Waals surface area contributed by atoms with Crippen molar-refractivity contribution < 1.29 is 13.3 Å². The Balaban J connectivity index is 2.88. The second-order valence-corrected chi connectivity index (χ2v) is 7.59. The molecule has 0 N–H and O–H groups in total. The van der Waals surface area contributed by atoms with Crippen molar-refractivity contribution in [1.82, 2.24) is 4.31 Å². The highest BCUT2D eigenvalue weighted by atomic mass is 127. The first-order valence-electron chi connectivity index (χ1n) is 5.02. The maximum absolute atomic E-state index is 12.0. The van der Waals surface area contributed by atoms with Crippen LogP contribution >= 0.6 is 34.4 Å². The largest absolute Gasteiger partial charge is 0.265 e. The van der Waals surface area contributed by atoms with Gasteiger partial charge in [-0.3, -0.25) is 14.4 Å². The van der Waals surface area contributed by atoms with Crippen LogP contribution in [-0.4, -0.2) is 40.1 Å². The average Bonchev–Trinajstić information content (AvgIpc) is 2.26. The summed E-state index contributed by atoms with van der Waals surface area (Å²) in [4.78, 5) is 9.84. The molecule has 0 aliphatic carbocycles. The quantitative estimate of drug-likeness (QED) is 0.308. The smallest absolute Gasteiger partial charge is 0.259 e. The second-order valence-electron chi connectivity index (χ2n) is 3.39. The Labute approximate surface area is 118 Å². The van der Waals surface area contributed by atoms with Gasteiger partial charge in [-0.2, -0.15) is 0 Å². The number of alkyl halides is 1. The molecule has 0 aromatic carbocycles. The van der Waals surface area contributed by atoms with Gasteiger partial charge in [-0.05, 0) is 12.8 Å². The average molecular weight is 392 g/mol. The van der Waals surface area contributed by atoms with Crippen molar-refractivity contribution in [3.8, 4) is 0 Å². The molecule has 0 bridgehead atoms. The van der Waals surface area contributed by atoms with Crippen LogP contribution in [0.5, 0.6) is 0 Å². The van der Waals surface area contributed by atoms with Crippen LogP contribution in [0.3, 0.4) is 0 Å². The van der Waals surface area contributed by atoms with E-state index in [0.29, 0.717) is 13.0 Å². The molecule has 0 saturated carbocycles. The van der Waals surface area contributed by atoms with Gasteiger partial charge in [-0.15, -0.1) is 11.8 Å². The molecule has 9 heteroatoms. The van der Waals surface area contributed by atoms with Crippen LogP contribution in [0.2, 0.25) is 0 Å². The van der Waals surface area contributed by atoms with Gasteiger partial charge in [0.05, 0.1) is 10.7 Å². The molecule has 1 saturated heterocycles. The zero-order valence-electron chi connectivity index (χ0n) is 9.04. The molecule has 17 heavy (non-hydrogen) atoms. The number of nitro groups is 1. The summed E-state index contributed by atoms with van der Waals surface area (Å²) < 4.78 is 25.9. The van der Waals surface area contributed by atoms with Crippen molar-refractivity contribution in [3.63, 3.8) is 0 Å². The van der Waals surface area contributed by atoms with E-state index in [4.69, 9.17) is 0 Å². The van der Waals surface area contributed by atoms with Gasteiger partial charge in [0, 0.05) is 16.7 Å². The number of sulfonamides is 1. The maximum atomic E-state index is 12.0. The van der Waals surface area contributed by atoms with Crippen LogP contribution in [0.25, 0.3) is 0 Å². The van der Waals surface area contributed by atoms with Gasteiger partial charge in [0.2, 0.25) is 10.0 Å². The van der Waals surface area contributed by atoms with Crippen LogP contribution in [0.4, 0.5) is 0 Å². The molecule has 1 fully saturated rings. The predicted molar refractivity (Wildman–Crippen MR) is 76.1 cm³/mol. The molecule has 0 amide bonds. The lowest BCUT2D eigenvalue weighted by molar-refractivity contribution is -0.403. The van der Waals surface area contributed by atoms with Crippen molar-refractivity contribution in [2.75, 3.05) is 22.5 Å². The van der Waals surface area contributed by atoms with E-state index in [9.17, 15) is 18.5 Å². The van der Waals surface area contributed by atoms with Crippen molar-refractivity contribution in [1.29, 1.82) is 0 Å². The summed E-state index contributed by atoms with van der Waals surface area (Å²) >= 11 is 3.34. The molecule has 1 aliphatic rings. The van der Waals surface area contributed by atoms with E-state index >= 15 is 0 Å². The van der Waals surface area contributed by atoms with Gasteiger partial charge >= 0.3 is 0 Å². The summed E-state index contributed by atoms with van der Waals surface area (Å²) in [5, 5.41) is 10.7. The Morgan fingerprint density at radius 3 is 2.88 bits per heavy atom. The molecule has 0 unspecified atom stereocenters. The number of thioether (sulfide) groups is 1. The Morgan fingerprint density at radius 2 is 2.29 bits per heavy atom. The van der Waals surface area contributed by atoms with Gasteiger partial charge in [0.1, 0.15) is 0 Å². The van der Waals surface area contributed by atoms with E-state index in [1.54, 1.807) is 0 Å². The van der Waals surface area contributed by atoms with E-state index < -0.39 is 14.9 Å². The lowest BCUT2D eigenvalue weighted by Crippen LogP contribution is -2.35. The van der Waals surface area contributed by atoms with Crippen molar-refractivity contribution >= 4 is 44.4 Å². The zero-order valence-corrected chi connectivity index (χ0v) is 12.8. The van der Waals surface area contributed by atoms with Crippen molar-refractivity contribution in [3.05, 3.63) is 21.3 Å². The summed E-state index contributed by atoms with van der Waals surface area (Å²) in [5.74, 6) is 0.767. The molecule has 0 radical (unpaired) electrons. The monoisotopic (exact) mass is 392 g/mol. The second kappa shape index (κ2) is 6.78. The Morgan fingerprint density at radius 1 is 1.59 bits per heavy atom. The molecule has 0 spiro atoms. The van der Waals surface area contributed by atoms with E-state index in [2.05, 4.69) is 22.6 Å². The third-order valence-electron chi connectivity index (χ3n) is 2.09. The van der Waals surface area contributed by atoms with Crippen molar-refractivity contribution in [2.24, 2.45) is 0 Å². The van der Waals surface area contributed by atoms with Gasteiger partial charge in [0.25, 0.3) is 6.20 Å². The molecular weight excluding hydrogens is 379 g/mol. The molecule has 1 heterocycles. The lowest BCUT2D eigenvalue weighted by atomic mass is 10.5. The normalized spacial score (nSPS) is 19.6. The van der Waals surface area contributed by atoms with Crippen LogP contribution in [0.15, 0.2) is 11.2 Å². The number of rotatable bonds is 5. The molecule has 0 atom stereocenters. The molecule has 0 aromatic heterocycles. The molecule has 6 nitrogen and oxygen atoms in total. The molecule has 0 aromatic rings. The predicted octanol–water partition coefficient (Wildman–Crippen LogP) is 1.66.